The van der Waals surface area contributed by atoms with E-state index in [-0.39, 0.29) is 0 Å². The first kappa shape index (κ1) is 16.9. The second kappa shape index (κ2) is 12.4. The summed E-state index contributed by atoms with van der Waals surface area (Å²) in [5, 5.41) is 3.60. The van der Waals surface area contributed by atoms with Gasteiger partial charge in [0.15, 0.2) is 0 Å². The minimum Gasteiger partial charge on any atom is -0.383 e. The van der Waals surface area contributed by atoms with E-state index in [9.17, 15) is 0 Å². The maximum atomic E-state index is 5.23. The van der Waals surface area contributed by atoms with Crippen molar-refractivity contribution in [3.05, 3.63) is 0 Å². The van der Waals surface area contributed by atoms with Gasteiger partial charge in [0.05, 0.1) is 6.61 Å². The first-order valence-corrected chi connectivity index (χ1v) is 7.44. The fourth-order valence-electron chi connectivity index (χ4n) is 2.04. The van der Waals surface area contributed by atoms with Crippen molar-refractivity contribution in [1.29, 1.82) is 0 Å². The summed E-state index contributed by atoms with van der Waals surface area (Å²) >= 11 is 0. The Morgan fingerprint density at radius 3 is 2.06 bits per heavy atom. The quantitative estimate of drug-likeness (QED) is 0.523. The van der Waals surface area contributed by atoms with Crippen LogP contribution in [-0.4, -0.2) is 26.3 Å². The number of methoxy groups -OCH3 is 1. The zero-order valence-corrected chi connectivity index (χ0v) is 12.4. The molecular weight excluding hydrogens is 210 g/mol. The fraction of sp³-hybridized carbons (Fsp3) is 1.00. The molecule has 0 aromatic carbocycles. The Labute approximate surface area is 109 Å². The first-order chi connectivity index (χ1) is 8.22. The summed E-state index contributed by atoms with van der Waals surface area (Å²) in [6.45, 7) is 8.74. The van der Waals surface area contributed by atoms with Crippen LogP contribution in [0.1, 0.15) is 65.7 Å². The SMILES string of the molecule is CCCCCCCCCNC(COC)C(C)C. The van der Waals surface area contributed by atoms with Crippen LogP contribution in [0.15, 0.2) is 0 Å². The molecule has 1 N–H and O–H groups in total. The number of hydrogen-bond acceptors (Lipinski definition) is 2. The van der Waals surface area contributed by atoms with E-state index < -0.39 is 0 Å². The molecule has 0 rings (SSSR count). The Bertz CT molecular complexity index is 148. The Balaban J connectivity index is 3.30. The van der Waals surface area contributed by atoms with E-state index in [0.717, 1.165) is 13.2 Å². The summed E-state index contributed by atoms with van der Waals surface area (Å²) in [4.78, 5) is 0. The van der Waals surface area contributed by atoms with Crippen molar-refractivity contribution in [2.75, 3.05) is 20.3 Å². The lowest BCUT2D eigenvalue weighted by Gasteiger charge is -2.21. The second-order valence-electron chi connectivity index (χ2n) is 5.38. The number of rotatable bonds is 12. The molecule has 1 unspecified atom stereocenters. The van der Waals surface area contributed by atoms with E-state index in [2.05, 4.69) is 26.1 Å². The molecule has 1 atom stereocenters. The molecule has 0 aliphatic heterocycles. The predicted octanol–water partition coefficient (Wildman–Crippen LogP) is 4.00. The van der Waals surface area contributed by atoms with Crippen molar-refractivity contribution in [2.24, 2.45) is 5.92 Å². The van der Waals surface area contributed by atoms with Crippen LogP contribution in [0, 0.1) is 5.92 Å². The highest BCUT2D eigenvalue weighted by Crippen LogP contribution is 2.07. The van der Waals surface area contributed by atoms with Gasteiger partial charge in [0.1, 0.15) is 0 Å². The van der Waals surface area contributed by atoms with Gasteiger partial charge in [0, 0.05) is 13.2 Å². The van der Waals surface area contributed by atoms with Crippen LogP contribution in [0.3, 0.4) is 0 Å². The van der Waals surface area contributed by atoms with E-state index in [4.69, 9.17) is 4.74 Å². The highest BCUT2D eigenvalue weighted by Gasteiger charge is 2.11. The summed E-state index contributed by atoms with van der Waals surface area (Å²) < 4.78 is 5.23. The van der Waals surface area contributed by atoms with Crippen LogP contribution < -0.4 is 5.32 Å². The molecular formula is C15H33NO. The smallest absolute Gasteiger partial charge is 0.0618 e. The van der Waals surface area contributed by atoms with E-state index >= 15 is 0 Å². The van der Waals surface area contributed by atoms with Gasteiger partial charge in [0.25, 0.3) is 0 Å². The van der Waals surface area contributed by atoms with Crippen LogP contribution in [0.5, 0.6) is 0 Å². The van der Waals surface area contributed by atoms with Gasteiger partial charge in [-0.05, 0) is 18.9 Å². The van der Waals surface area contributed by atoms with Crippen LogP contribution >= 0.6 is 0 Å². The van der Waals surface area contributed by atoms with Crippen molar-refractivity contribution in [3.63, 3.8) is 0 Å². The molecule has 0 saturated carbocycles. The summed E-state index contributed by atoms with van der Waals surface area (Å²) in [5.74, 6) is 0.652. The minimum absolute atomic E-state index is 0.514. The summed E-state index contributed by atoms with van der Waals surface area (Å²) in [5.41, 5.74) is 0. The zero-order chi connectivity index (χ0) is 12.9. The van der Waals surface area contributed by atoms with Gasteiger partial charge in [-0.15, -0.1) is 0 Å². The Hall–Kier alpha value is -0.0800. The normalized spacial score (nSPS) is 13.2. The Morgan fingerprint density at radius 2 is 1.53 bits per heavy atom. The number of hydrogen-bond donors (Lipinski definition) is 1. The highest BCUT2D eigenvalue weighted by molar-refractivity contribution is 4.69. The molecule has 0 saturated heterocycles. The van der Waals surface area contributed by atoms with Crippen molar-refractivity contribution >= 4 is 0 Å². The Morgan fingerprint density at radius 1 is 0.941 bits per heavy atom. The van der Waals surface area contributed by atoms with E-state index in [1.165, 1.54) is 44.9 Å². The van der Waals surface area contributed by atoms with E-state index in [0.29, 0.717) is 12.0 Å². The largest absolute Gasteiger partial charge is 0.383 e. The topological polar surface area (TPSA) is 21.3 Å². The molecule has 0 heterocycles. The lowest BCUT2D eigenvalue weighted by molar-refractivity contribution is 0.147. The van der Waals surface area contributed by atoms with Crippen molar-refractivity contribution in [2.45, 2.75) is 71.8 Å². The molecule has 0 aromatic heterocycles. The van der Waals surface area contributed by atoms with Crippen molar-refractivity contribution < 1.29 is 4.74 Å². The van der Waals surface area contributed by atoms with Crippen LogP contribution in [0.25, 0.3) is 0 Å². The molecule has 0 aliphatic rings. The molecule has 0 radical (unpaired) electrons. The molecule has 104 valence electrons. The maximum absolute atomic E-state index is 5.23. The third kappa shape index (κ3) is 10.8. The monoisotopic (exact) mass is 243 g/mol. The van der Waals surface area contributed by atoms with Gasteiger partial charge < -0.3 is 10.1 Å². The first-order valence-electron chi connectivity index (χ1n) is 7.44. The highest BCUT2D eigenvalue weighted by atomic mass is 16.5. The zero-order valence-electron chi connectivity index (χ0n) is 12.4. The third-order valence-electron chi connectivity index (χ3n) is 3.34. The predicted molar refractivity (Wildman–Crippen MR) is 76.5 cm³/mol. The van der Waals surface area contributed by atoms with Crippen LogP contribution in [0.2, 0.25) is 0 Å². The lowest BCUT2D eigenvalue weighted by Crippen LogP contribution is -2.38. The average Bonchev–Trinajstić information content (AvgIpc) is 2.31. The van der Waals surface area contributed by atoms with Crippen molar-refractivity contribution in [1.82, 2.24) is 5.32 Å². The van der Waals surface area contributed by atoms with Gasteiger partial charge in [-0.1, -0.05) is 59.3 Å². The minimum atomic E-state index is 0.514. The van der Waals surface area contributed by atoms with Gasteiger partial charge in [-0.3, -0.25) is 0 Å². The third-order valence-corrected chi connectivity index (χ3v) is 3.34. The van der Waals surface area contributed by atoms with Crippen LogP contribution in [-0.2, 0) is 4.74 Å². The van der Waals surface area contributed by atoms with Crippen LogP contribution in [0.4, 0.5) is 0 Å². The standard InChI is InChI=1S/C15H33NO/c1-5-6-7-8-9-10-11-12-16-15(13-17-4)14(2)3/h14-16H,5-13H2,1-4H3. The summed E-state index contributed by atoms with van der Waals surface area (Å²) in [6.07, 6.45) is 9.66. The second-order valence-corrected chi connectivity index (χ2v) is 5.38. The molecule has 0 bridgehead atoms. The molecule has 0 fully saturated rings. The number of ether oxygens (including phenoxy) is 1. The van der Waals surface area contributed by atoms with Gasteiger partial charge in [-0.25, -0.2) is 0 Å². The molecule has 0 aliphatic carbocycles. The fourth-order valence-corrected chi connectivity index (χ4v) is 2.04. The molecule has 0 spiro atoms. The number of unbranched alkanes of at least 4 members (excludes halogenated alkanes) is 6. The van der Waals surface area contributed by atoms with E-state index in [1.807, 2.05) is 0 Å². The summed E-state index contributed by atoms with van der Waals surface area (Å²) in [6, 6.07) is 0.514. The lowest BCUT2D eigenvalue weighted by atomic mass is 10.0. The molecule has 0 amide bonds. The number of nitrogens with one attached hydrogen (secondary N) is 1. The molecule has 2 nitrogen and oxygen atoms in total. The summed E-state index contributed by atoms with van der Waals surface area (Å²) in [7, 11) is 1.78. The van der Waals surface area contributed by atoms with Gasteiger partial charge in [0.2, 0.25) is 0 Å². The molecule has 17 heavy (non-hydrogen) atoms. The molecule has 0 aromatic rings. The van der Waals surface area contributed by atoms with Crippen molar-refractivity contribution in [3.8, 4) is 0 Å². The van der Waals surface area contributed by atoms with Gasteiger partial charge in [-0.2, -0.15) is 0 Å². The van der Waals surface area contributed by atoms with E-state index in [1.54, 1.807) is 7.11 Å². The van der Waals surface area contributed by atoms with Gasteiger partial charge >= 0.3 is 0 Å². The maximum Gasteiger partial charge on any atom is 0.0618 e. The molecule has 2 heteroatoms. The average molecular weight is 243 g/mol. The Kier molecular flexibility index (Phi) is 12.3.